The summed E-state index contributed by atoms with van der Waals surface area (Å²) in [5.74, 6) is 6.42. The van der Waals surface area contributed by atoms with Crippen molar-refractivity contribution in [3.8, 4) is 0 Å². The molecule has 1 atom stereocenters. The van der Waals surface area contributed by atoms with Crippen LogP contribution in [0.4, 0.5) is 0 Å². The molecule has 0 bridgehead atoms. The molecule has 3 N–H and O–H groups in total. The minimum Gasteiger partial charge on any atom is -0.744 e. The van der Waals surface area contributed by atoms with Gasteiger partial charge in [0.05, 0.1) is 11.2 Å². The van der Waals surface area contributed by atoms with Crippen molar-refractivity contribution in [2.45, 2.75) is 18.7 Å². The van der Waals surface area contributed by atoms with E-state index in [1.165, 1.54) is 12.1 Å². The second-order valence-electron chi connectivity index (χ2n) is 4.05. The Morgan fingerprint density at radius 2 is 1.85 bits per heavy atom. The molecule has 0 radical (unpaired) electrons. The molecule has 0 heterocycles. The third-order valence-electron chi connectivity index (χ3n) is 2.34. The molecule has 20 heavy (non-hydrogen) atoms. The van der Waals surface area contributed by atoms with E-state index in [1.807, 2.05) is 6.92 Å². The molecular formula is C12H20N2O4S2. The topological polar surface area (TPSA) is 112 Å². The van der Waals surface area contributed by atoms with Crippen molar-refractivity contribution in [3.05, 3.63) is 29.8 Å². The van der Waals surface area contributed by atoms with Crippen molar-refractivity contribution in [1.82, 2.24) is 5.43 Å². The van der Waals surface area contributed by atoms with Gasteiger partial charge in [0.25, 0.3) is 5.91 Å². The molecule has 1 aromatic rings. The van der Waals surface area contributed by atoms with Crippen LogP contribution in [0.1, 0.15) is 12.5 Å². The van der Waals surface area contributed by atoms with Crippen molar-refractivity contribution in [3.63, 3.8) is 0 Å². The molecule has 1 amide bonds. The third kappa shape index (κ3) is 8.16. The lowest BCUT2D eigenvalue weighted by Crippen LogP contribution is -2.35. The molecule has 0 saturated carbocycles. The van der Waals surface area contributed by atoms with E-state index in [0.717, 1.165) is 11.3 Å². The lowest BCUT2D eigenvalue weighted by molar-refractivity contribution is -0.118. The highest BCUT2D eigenvalue weighted by Crippen LogP contribution is 2.08. The van der Waals surface area contributed by atoms with Crippen LogP contribution in [-0.4, -0.2) is 36.6 Å². The molecule has 0 aromatic heterocycles. The number of carbonyl (C=O) groups excluding carboxylic acids is 1. The Kier molecular flexibility index (Phi) is 8.47. The van der Waals surface area contributed by atoms with Crippen LogP contribution in [0.3, 0.4) is 0 Å². The van der Waals surface area contributed by atoms with E-state index >= 15 is 0 Å². The SMILES string of the molecule is CC[S+](C)CC(=O)NN.Cc1ccc(S(=O)(=O)[O-])cc1. The summed E-state index contributed by atoms with van der Waals surface area (Å²) in [5, 5.41) is 0. The molecule has 0 spiro atoms. The number of benzene rings is 1. The molecule has 6 nitrogen and oxygen atoms in total. The van der Waals surface area contributed by atoms with E-state index < -0.39 is 10.1 Å². The van der Waals surface area contributed by atoms with Gasteiger partial charge in [0.1, 0.15) is 15.9 Å². The van der Waals surface area contributed by atoms with Gasteiger partial charge >= 0.3 is 0 Å². The molecule has 0 fully saturated rings. The summed E-state index contributed by atoms with van der Waals surface area (Å²) >= 11 is 0. The van der Waals surface area contributed by atoms with Crippen molar-refractivity contribution in [1.29, 1.82) is 0 Å². The summed E-state index contributed by atoms with van der Waals surface area (Å²) in [5.41, 5.74) is 3.03. The fourth-order valence-corrected chi connectivity index (χ4v) is 2.28. The molecule has 1 rings (SSSR count). The molecular weight excluding hydrogens is 300 g/mol. The first kappa shape index (κ1) is 18.9. The molecule has 0 aliphatic rings. The van der Waals surface area contributed by atoms with E-state index in [-0.39, 0.29) is 21.7 Å². The fraction of sp³-hybridized carbons (Fsp3) is 0.417. The molecule has 0 saturated heterocycles. The first-order chi connectivity index (χ1) is 9.20. The highest BCUT2D eigenvalue weighted by atomic mass is 32.2. The van der Waals surface area contributed by atoms with Gasteiger partial charge in [-0.3, -0.25) is 10.2 Å². The zero-order valence-corrected chi connectivity index (χ0v) is 13.4. The highest BCUT2D eigenvalue weighted by Gasteiger charge is 2.12. The lowest BCUT2D eigenvalue weighted by atomic mass is 10.2. The lowest BCUT2D eigenvalue weighted by Gasteiger charge is -2.05. The molecule has 8 heteroatoms. The summed E-state index contributed by atoms with van der Waals surface area (Å²) in [6.45, 7) is 3.88. The standard InChI is InChI=1S/C7H8O3S.C5H12N2OS/c1-6-2-4-7(5-3-6)11(8,9)10;1-3-9(2)4-5(8)7-6/h2-5H,1H3,(H,8,9,10);3-4,6H2,1-2H3. The number of aryl methyl sites for hydroxylation is 1. The maximum atomic E-state index is 10.6. The van der Waals surface area contributed by atoms with Gasteiger partial charge in [-0.1, -0.05) is 17.7 Å². The van der Waals surface area contributed by atoms with E-state index in [2.05, 4.69) is 18.6 Å². The van der Waals surface area contributed by atoms with Crippen LogP contribution < -0.4 is 11.3 Å². The van der Waals surface area contributed by atoms with Crippen LogP contribution in [0.2, 0.25) is 0 Å². The van der Waals surface area contributed by atoms with Gasteiger partial charge in [-0.25, -0.2) is 14.3 Å². The summed E-state index contributed by atoms with van der Waals surface area (Å²) in [7, 11) is -4.07. The molecule has 114 valence electrons. The normalized spacial score (nSPS) is 12.1. The van der Waals surface area contributed by atoms with E-state index in [0.29, 0.717) is 5.75 Å². The fourth-order valence-electron chi connectivity index (χ4n) is 1.07. The predicted octanol–water partition coefficient (Wildman–Crippen LogP) is 0.143. The number of amides is 1. The second-order valence-corrected chi connectivity index (χ2v) is 7.86. The van der Waals surface area contributed by atoms with E-state index in [9.17, 15) is 17.8 Å². The van der Waals surface area contributed by atoms with Gasteiger partial charge < -0.3 is 4.55 Å². The Balaban J connectivity index is 0.000000370. The Labute approximate surface area is 122 Å². The van der Waals surface area contributed by atoms with Gasteiger partial charge in [0.15, 0.2) is 5.75 Å². The smallest absolute Gasteiger partial charge is 0.283 e. The van der Waals surface area contributed by atoms with Crippen molar-refractivity contribution < 1.29 is 17.8 Å². The zero-order chi connectivity index (χ0) is 15.8. The monoisotopic (exact) mass is 320 g/mol. The highest BCUT2D eigenvalue weighted by molar-refractivity contribution is 7.96. The summed E-state index contributed by atoms with van der Waals surface area (Å²) in [6, 6.07) is 5.78. The number of nitrogens with one attached hydrogen (secondary N) is 1. The minimum atomic E-state index is -4.27. The summed E-state index contributed by atoms with van der Waals surface area (Å²) in [6.07, 6.45) is 2.05. The number of rotatable bonds is 4. The van der Waals surface area contributed by atoms with Crippen molar-refractivity contribution >= 4 is 26.9 Å². The molecule has 1 unspecified atom stereocenters. The third-order valence-corrected chi connectivity index (χ3v) is 4.93. The average molecular weight is 320 g/mol. The predicted molar refractivity (Wildman–Crippen MR) is 80.2 cm³/mol. The Morgan fingerprint density at radius 1 is 1.35 bits per heavy atom. The minimum absolute atomic E-state index is 0.0670. The Hall–Kier alpha value is -1.09. The van der Waals surface area contributed by atoms with Crippen molar-refractivity contribution in [2.24, 2.45) is 5.84 Å². The second kappa shape index (κ2) is 8.96. The first-order valence-electron chi connectivity index (χ1n) is 5.81. The van der Waals surface area contributed by atoms with Crippen LogP contribution in [-0.2, 0) is 25.8 Å². The van der Waals surface area contributed by atoms with Gasteiger partial charge in [0, 0.05) is 0 Å². The summed E-state index contributed by atoms with van der Waals surface area (Å²) < 4.78 is 31.2. The quantitative estimate of drug-likeness (QED) is 0.269. The molecule has 0 aliphatic carbocycles. The number of hydrogen-bond acceptors (Lipinski definition) is 5. The van der Waals surface area contributed by atoms with Gasteiger partial charge in [-0.2, -0.15) is 0 Å². The number of nitrogens with two attached hydrogens (primary N) is 1. The largest absolute Gasteiger partial charge is 0.744 e. The number of hydrogen-bond donors (Lipinski definition) is 2. The van der Waals surface area contributed by atoms with Crippen LogP contribution >= 0.6 is 0 Å². The maximum Gasteiger partial charge on any atom is 0.283 e. The average Bonchev–Trinajstić information content (AvgIpc) is 2.38. The maximum absolute atomic E-state index is 10.6. The van der Waals surface area contributed by atoms with Gasteiger partial charge in [-0.15, -0.1) is 0 Å². The van der Waals surface area contributed by atoms with Crippen molar-refractivity contribution in [2.75, 3.05) is 17.8 Å². The summed E-state index contributed by atoms with van der Waals surface area (Å²) in [4.78, 5) is 10.4. The van der Waals surface area contributed by atoms with E-state index in [1.54, 1.807) is 12.1 Å². The Bertz CT molecular complexity index is 515. The van der Waals surface area contributed by atoms with Crippen LogP contribution in [0, 0.1) is 6.92 Å². The van der Waals surface area contributed by atoms with Gasteiger partial charge in [0.2, 0.25) is 0 Å². The number of carbonyl (C=O) groups is 1. The Morgan fingerprint density at radius 3 is 2.20 bits per heavy atom. The van der Waals surface area contributed by atoms with Crippen LogP contribution in [0.15, 0.2) is 29.2 Å². The molecule has 1 aromatic carbocycles. The van der Waals surface area contributed by atoms with Gasteiger partial charge in [-0.05, 0) is 36.9 Å². The van der Waals surface area contributed by atoms with E-state index in [4.69, 9.17) is 5.84 Å². The first-order valence-corrected chi connectivity index (χ1v) is 9.19. The number of hydrazine groups is 1. The van der Waals surface area contributed by atoms with Crippen LogP contribution in [0.5, 0.6) is 0 Å². The zero-order valence-electron chi connectivity index (χ0n) is 11.8. The van der Waals surface area contributed by atoms with Crippen LogP contribution in [0.25, 0.3) is 0 Å². The molecule has 0 aliphatic heterocycles.